The van der Waals surface area contributed by atoms with E-state index in [1.54, 1.807) is 7.11 Å². The minimum absolute atomic E-state index is 0.789. The van der Waals surface area contributed by atoms with Gasteiger partial charge >= 0.3 is 0 Å². The number of methoxy groups -OCH3 is 1. The summed E-state index contributed by atoms with van der Waals surface area (Å²) in [6, 6.07) is 0.789. The molecule has 1 aliphatic heterocycles. The summed E-state index contributed by atoms with van der Waals surface area (Å²) in [5.41, 5.74) is 0. The van der Waals surface area contributed by atoms with Crippen LogP contribution in [0.2, 0.25) is 0 Å². The van der Waals surface area contributed by atoms with Crippen LogP contribution in [-0.2, 0) is 4.74 Å². The van der Waals surface area contributed by atoms with E-state index >= 15 is 0 Å². The Balaban J connectivity index is 1.81. The van der Waals surface area contributed by atoms with Gasteiger partial charge in [-0.05, 0) is 31.6 Å². The van der Waals surface area contributed by atoms with E-state index in [1.165, 1.54) is 30.8 Å². The number of ether oxygens (including phenoxy) is 1. The van der Waals surface area contributed by atoms with Crippen LogP contribution in [0.25, 0.3) is 0 Å². The topological polar surface area (TPSA) is 21.3 Å². The van der Waals surface area contributed by atoms with Gasteiger partial charge in [0, 0.05) is 25.5 Å². The van der Waals surface area contributed by atoms with E-state index in [4.69, 9.17) is 4.74 Å². The first-order valence-electron chi connectivity index (χ1n) is 4.73. The van der Waals surface area contributed by atoms with Crippen LogP contribution in [0, 0.1) is 0 Å². The highest BCUT2D eigenvalue weighted by Gasteiger charge is 2.13. The normalized spacial score (nSPS) is 23.2. The predicted octanol–water partition coefficient (Wildman–Crippen LogP) is 1.51. The fourth-order valence-corrected chi connectivity index (χ4v) is 2.56. The van der Waals surface area contributed by atoms with Gasteiger partial charge in [0.05, 0.1) is 0 Å². The molecule has 1 heterocycles. The highest BCUT2D eigenvalue weighted by molar-refractivity contribution is 7.99. The molecular weight excluding hydrogens is 170 g/mol. The molecule has 0 radical (unpaired) electrons. The number of rotatable bonds is 6. The van der Waals surface area contributed by atoms with Crippen molar-refractivity contribution in [3.63, 3.8) is 0 Å². The first-order chi connectivity index (χ1) is 5.93. The van der Waals surface area contributed by atoms with Crippen molar-refractivity contribution in [2.75, 3.05) is 31.8 Å². The van der Waals surface area contributed by atoms with E-state index in [2.05, 4.69) is 17.1 Å². The van der Waals surface area contributed by atoms with Crippen LogP contribution in [0.1, 0.15) is 19.3 Å². The molecule has 0 bridgehead atoms. The lowest BCUT2D eigenvalue weighted by molar-refractivity contribution is 0.192. The highest BCUT2D eigenvalue weighted by atomic mass is 32.2. The molecule has 0 unspecified atom stereocenters. The maximum atomic E-state index is 4.98. The van der Waals surface area contributed by atoms with E-state index < -0.39 is 0 Å². The van der Waals surface area contributed by atoms with Gasteiger partial charge in [0.2, 0.25) is 0 Å². The van der Waals surface area contributed by atoms with Gasteiger partial charge in [-0.1, -0.05) is 0 Å². The molecule has 0 amide bonds. The molecule has 12 heavy (non-hydrogen) atoms. The van der Waals surface area contributed by atoms with Crippen molar-refractivity contribution in [1.29, 1.82) is 0 Å². The van der Waals surface area contributed by atoms with Gasteiger partial charge in [-0.3, -0.25) is 0 Å². The Morgan fingerprint density at radius 1 is 1.50 bits per heavy atom. The van der Waals surface area contributed by atoms with Crippen molar-refractivity contribution >= 4 is 11.8 Å². The first-order valence-corrected chi connectivity index (χ1v) is 5.89. The van der Waals surface area contributed by atoms with Crippen LogP contribution < -0.4 is 5.32 Å². The molecule has 2 nitrogen and oxygen atoms in total. The second kappa shape index (κ2) is 6.75. The van der Waals surface area contributed by atoms with Crippen LogP contribution in [-0.4, -0.2) is 37.8 Å². The predicted molar refractivity (Wildman–Crippen MR) is 54.8 cm³/mol. The summed E-state index contributed by atoms with van der Waals surface area (Å²) < 4.78 is 4.98. The third-order valence-corrected chi connectivity index (χ3v) is 3.30. The fourth-order valence-electron chi connectivity index (χ4n) is 1.37. The van der Waals surface area contributed by atoms with Gasteiger partial charge in [0.15, 0.2) is 0 Å². The Bertz CT molecular complexity index is 105. The van der Waals surface area contributed by atoms with Gasteiger partial charge in [-0.25, -0.2) is 0 Å². The molecule has 1 rings (SSSR count). The van der Waals surface area contributed by atoms with E-state index in [1.807, 2.05) is 0 Å². The zero-order valence-electron chi connectivity index (χ0n) is 7.84. The Labute approximate surface area is 79.4 Å². The van der Waals surface area contributed by atoms with E-state index in [-0.39, 0.29) is 0 Å². The summed E-state index contributed by atoms with van der Waals surface area (Å²) in [7, 11) is 1.76. The quantitative estimate of drug-likeness (QED) is 0.640. The van der Waals surface area contributed by atoms with E-state index in [9.17, 15) is 0 Å². The second-order valence-corrected chi connectivity index (χ2v) is 4.36. The smallest absolute Gasteiger partial charge is 0.0462 e. The van der Waals surface area contributed by atoms with Crippen molar-refractivity contribution in [2.45, 2.75) is 25.3 Å². The largest absolute Gasteiger partial charge is 0.385 e. The Hall–Kier alpha value is 0.270. The molecule has 72 valence electrons. The summed E-state index contributed by atoms with van der Waals surface area (Å²) >= 11 is 2.06. The lowest BCUT2D eigenvalue weighted by Crippen LogP contribution is -2.29. The van der Waals surface area contributed by atoms with Crippen molar-refractivity contribution in [2.24, 2.45) is 0 Å². The fraction of sp³-hybridized carbons (Fsp3) is 1.00. The number of nitrogens with one attached hydrogen (secondary N) is 1. The average molecular weight is 189 g/mol. The summed E-state index contributed by atoms with van der Waals surface area (Å²) in [5.74, 6) is 2.65. The molecule has 0 aromatic rings. The average Bonchev–Trinajstić information content (AvgIpc) is 2.57. The van der Waals surface area contributed by atoms with Crippen molar-refractivity contribution in [3.05, 3.63) is 0 Å². The van der Waals surface area contributed by atoms with Crippen LogP contribution in [0.4, 0.5) is 0 Å². The van der Waals surface area contributed by atoms with Crippen LogP contribution >= 0.6 is 11.8 Å². The molecule has 0 saturated carbocycles. The number of hydrogen-bond acceptors (Lipinski definition) is 3. The summed E-state index contributed by atoms with van der Waals surface area (Å²) in [6.07, 6.45) is 3.79. The number of hydrogen-bond donors (Lipinski definition) is 1. The van der Waals surface area contributed by atoms with Gasteiger partial charge in [0.25, 0.3) is 0 Å². The molecule has 1 aliphatic rings. The third-order valence-electron chi connectivity index (χ3n) is 2.14. The highest BCUT2D eigenvalue weighted by Crippen LogP contribution is 2.16. The molecule has 0 aliphatic carbocycles. The zero-order valence-corrected chi connectivity index (χ0v) is 8.66. The number of unbranched alkanes of at least 4 members (excludes halogenated alkanes) is 1. The maximum absolute atomic E-state index is 4.98. The van der Waals surface area contributed by atoms with Crippen LogP contribution in [0.5, 0.6) is 0 Å². The van der Waals surface area contributed by atoms with E-state index in [0.717, 1.165) is 19.2 Å². The van der Waals surface area contributed by atoms with Crippen molar-refractivity contribution < 1.29 is 4.74 Å². The molecule has 0 spiro atoms. The SMILES string of the molecule is COCCCCN[C@H]1CCSC1. The molecule has 3 heteroatoms. The molecule has 1 fully saturated rings. The monoisotopic (exact) mass is 189 g/mol. The van der Waals surface area contributed by atoms with Gasteiger partial charge in [0.1, 0.15) is 0 Å². The molecular formula is C9H19NOS. The Morgan fingerprint density at radius 3 is 3.08 bits per heavy atom. The molecule has 1 saturated heterocycles. The van der Waals surface area contributed by atoms with Crippen LogP contribution in [0.15, 0.2) is 0 Å². The minimum atomic E-state index is 0.789. The summed E-state index contributed by atoms with van der Waals surface area (Å²) in [6.45, 7) is 2.07. The molecule has 0 aromatic carbocycles. The zero-order chi connectivity index (χ0) is 8.65. The Kier molecular flexibility index (Phi) is 5.82. The molecule has 0 aromatic heterocycles. The van der Waals surface area contributed by atoms with Gasteiger partial charge in [-0.2, -0.15) is 11.8 Å². The van der Waals surface area contributed by atoms with E-state index in [0.29, 0.717) is 0 Å². The third kappa shape index (κ3) is 4.33. The Morgan fingerprint density at radius 2 is 2.42 bits per heavy atom. The lowest BCUT2D eigenvalue weighted by Gasteiger charge is -2.10. The lowest BCUT2D eigenvalue weighted by atomic mass is 10.2. The summed E-state index contributed by atoms with van der Waals surface area (Å²) in [4.78, 5) is 0. The molecule has 1 atom stereocenters. The van der Waals surface area contributed by atoms with Gasteiger partial charge < -0.3 is 10.1 Å². The second-order valence-electron chi connectivity index (χ2n) is 3.21. The molecule has 1 N–H and O–H groups in total. The van der Waals surface area contributed by atoms with Crippen molar-refractivity contribution in [1.82, 2.24) is 5.32 Å². The van der Waals surface area contributed by atoms with Crippen LogP contribution in [0.3, 0.4) is 0 Å². The van der Waals surface area contributed by atoms with Gasteiger partial charge in [-0.15, -0.1) is 0 Å². The number of thioether (sulfide) groups is 1. The maximum Gasteiger partial charge on any atom is 0.0462 e. The summed E-state index contributed by atoms with van der Waals surface area (Å²) in [5, 5.41) is 3.56. The van der Waals surface area contributed by atoms with Crippen molar-refractivity contribution in [3.8, 4) is 0 Å². The minimum Gasteiger partial charge on any atom is -0.385 e. The standard InChI is InChI=1S/C9H19NOS/c1-11-6-3-2-5-10-9-4-7-12-8-9/h9-10H,2-8H2,1H3/t9-/m0/s1. The first kappa shape index (κ1) is 10.4.